The maximum absolute atomic E-state index is 11.5. The first-order chi connectivity index (χ1) is 9.16. The van der Waals surface area contributed by atoms with Crippen molar-refractivity contribution in [1.29, 1.82) is 0 Å². The fourth-order valence-electron chi connectivity index (χ4n) is 1.19. The summed E-state index contributed by atoms with van der Waals surface area (Å²) in [6.45, 7) is 0. The number of nitrogens with one attached hydrogen (secondary N) is 2. The maximum Gasteiger partial charge on any atom is 0.454 e. The third-order valence-electron chi connectivity index (χ3n) is 2.03. The number of aromatic amines is 1. The van der Waals surface area contributed by atoms with Gasteiger partial charge in [0.1, 0.15) is 0 Å². The largest absolute Gasteiger partial charge is 0.454 e. The summed E-state index contributed by atoms with van der Waals surface area (Å²) in [6, 6.07) is 9.09. The molecule has 0 spiro atoms. The van der Waals surface area contributed by atoms with Gasteiger partial charge in [-0.05, 0) is 15.5 Å². The number of aromatic nitrogens is 3. The lowest BCUT2D eigenvalue weighted by molar-refractivity contribution is -0.394. The van der Waals surface area contributed by atoms with E-state index in [1.165, 1.54) is 6.21 Å². The molecule has 0 bridgehead atoms. The predicted octanol–water partition coefficient (Wildman–Crippen LogP) is 0.477. The number of hydrazone groups is 1. The minimum atomic E-state index is -0.781. The minimum absolute atomic E-state index is 0.350. The van der Waals surface area contributed by atoms with Crippen LogP contribution in [0.25, 0.3) is 0 Å². The number of H-pyrrole nitrogens is 1. The number of nitro groups is 1. The molecular weight excluding hydrogens is 252 g/mol. The van der Waals surface area contributed by atoms with Gasteiger partial charge in [0.25, 0.3) is 0 Å². The Hall–Kier alpha value is -3.10. The molecular formula is C10H8N6O3. The van der Waals surface area contributed by atoms with E-state index in [0.29, 0.717) is 0 Å². The Morgan fingerprint density at radius 3 is 2.79 bits per heavy atom. The molecule has 0 aliphatic rings. The Balaban J connectivity index is 1.97. The van der Waals surface area contributed by atoms with E-state index in [4.69, 9.17) is 0 Å². The second-order valence-corrected chi connectivity index (χ2v) is 3.35. The second-order valence-electron chi connectivity index (χ2n) is 3.35. The van der Waals surface area contributed by atoms with Gasteiger partial charge in [0.05, 0.1) is 6.21 Å². The summed E-state index contributed by atoms with van der Waals surface area (Å²) >= 11 is 0. The summed E-state index contributed by atoms with van der Waals surface area (Å²) in [5.74, 6) is -1.69. The average molecular weight is 260 g/mol. The molecule has 1 heterocycles. The van der Waals surface area contributed by atoms with E-state index in [0.717, 1.165) is 5.56 Å². The first kappa shape index (κ1) is 12.4. The lowest BCUT2D eigenvalue weighted by atomic mass is 10.2. The van der Waals surface area contributed by atoms with E-state index >= 15 is 0 Å². The van der Waals surface area contributed by atoms with Gasteiger partial charge in [-0.1, -0.05) is 35.4 Å². The second kappa shape index (κ2) is 5.49. The number of carbonyl (C=O) groups excluding carboxylic acids is 1. The van der Waals surface area contributed by atoms with Gasteiger partial charge in [0, 0.05) is 0 Å². The molecule has 2 aromatic rings. The molecule has 2 rings (SSSR count). The Bertz CT molecular complexity index is 621. The highest BCUT2D eigenvalue weighted by atomic mass is 16.6. The third kappa shape index (κ3) is 3.19. The molecule has 2 N–H and O–H groups in total. The summed E-state index contributed by atoms with van der Waals surface area (Å²) in [5.41, 5.74) is 2.96. The van der Waals surface area contributed by atoms with Gasteiger partial charge in [-0.2, -0.15) is 5.10 Å². The summed E-state index contributed by atoms with van der Waals surface area (Å²) in [6.07, 6.45) is 1.43. The number of hydrogen-bond donors (Lipinski definition) is 2. The molecule has 0 aliphatic heterocycles. The lowest BCUT2D eigenvalue weighted by Crippen LogP contribution is -2.19. The molecule has 1 amide bonds. The Kier molecular flexibility index (Phi) is 3.57. The van der Waals surface area contributed by atoms with Gasteiger partial charge in [-0.3, -0.25) is 4.79 Å². The van der Waals surface area contributed by atoms with Crippen LogP contribution in [-0.4, -0.2) is 32.2 Å². The minimum Gasteiger partial charge on any atom is -0.390 e. The van der Waals surface area contributed by atoms with Crippen LogP contribution in [0.2, 0.25) is 0 Å². The van der Waals surface area contributed by atoms with Crippen molar-refractivity contribution in [1.82, 2.24) is 20.6 Å². The van der Waals surface area contributed by atoms with E-state index < -0.39 is 16.8 Å². The first-order valence-electron chi connectivity index (χ1n) is 5.12. The SMILES string of the molecule is O=C(N/N=C/c1ccccc1)c1n[nH]c([N+](=O)[O-])n1. The van der Waals surface area contributed by atoms with Gasteiger partial charge in [-0.25, -0.2) is 5.43 Å². The van der Waals surface area contributed by atoms with E-state index in [1.807, 2.05) is 23.3 Å². The fraction of sp³-hybridized carbons (Fsp3) is 0. The quantitative estimate of drug-likeness (QED) is 0.469. The van der Waals surface area contributed by atoms with Gasteiger partial charge in [0.2, 0.25) is 0 Å². The van der Waals surface area contributed by atoms with Crippen LogP contribution in [0.15, 0.2) is 35.4 Å². The van der Waals surface area contributed by atoms with Crippen molar-refractivity contribution < 1.29 is 9.72 Å². The number of rotatable bonds is 4. The number of nitrogens with zero attached hydrogens (tertiary/aromatic N) is 4. The number of amides is 1. The molecule has 0 saturated heterocycles. The van der Waals surface area contributed by atoms with Crippen LogP contribution in [0.4, 0.5) is 5.95 Å². The molecule has 0 radical (unpaired) electrons. The van der Waals surface area contributed by atoms with E-state index in [1.54, 1.807) is 12.1 Å². The van der Waals surface area contributed by atoms with Crippen LogP contribution >= 0.6 is 0 Å². The molecule has 0 fully saturated rings. The average Bonchev–Trinajstić information content (AvgIpc) is 2.89. The van der Waals surface area contributed by atoms with Crippen molar-refractivity contribution in [2.45, 2.75) is 0 Å². The highest BCUT2D eigenvalue weighted by Gasteiger charge is 2.20. The van der Waals surface area contributed by atoms with Crippen LogP contribution in [0, 0.1) is 10.1 Å². The Morgan fingerprint density at radius 1 is 1.42 bits per heavy atom. The number of hydrogen-bond acceptors (Lipinski definition) is 6. The Morgan fingerprint density at radius 2 is 2.16 bits per heavy atom. The predicted molar refractivity (Wildman–Crippen MR) is 64.5 cm³/mol. The van der Waals surface area contributed by atoms with Crippen molar-refractivity contribution in [2.75, 3.05) is 0 Å². The van der Waals surface area contributed by atoms with Crippen molar-refractivity contribution in [2.24, 2.45) is 5.10 Å². The maximum atomic E-state index is 11.5. The normalized spacial score (nSPS) is 10.5. The van der Waals surface area contributed by atoms with Crippen LogP contribution in [-0.2, 0) is 0 Å². The third-order valence-corrected chi connectivity index (χ3v) is 2.03. The Labute approximate surface area is 106 Å². The van der Waals surface area contributed by atoms with E-state index in [9.17, 15) is 14.9 Å². The zero-order chi connectivity index (χ0) is 13.7. The van der Waals surface area contributed by atoms with Crippen molar-refractivity contribution >= 4 is 18.1 Å². The topological polar surface area (TPSA) is 126 Å². The fourth-order valence-corrected chi connectivity index (χ4v) is 1.19. The monoisotopic (exact) mass is 260 g/mol. The van der Waals surface area contributed by atoms with Crippen molar-refractivity contribution in [3.8, 4) is 0 Å². The van der Waals surface area contributed by atoms with Gasteiger partial charge < -0.3 is 10.1 Å². The zero-order valence-electron chi connectivity index (χ0n) is 9.48. The lowest BCUT2D eigenvalue weighted by Gasteiger charge is -1.92. The highest BCUT2D eigenvalue weighted by molar-refractivity contribution is 5.91. The summed E-state index contributed by atoms with van der Waals surface area (Å²) < 4.78 is 0. The van der Waals surface area contributed by atoms with Crippen LogP contribution < -0.4 is 5.43 Å². The van der Waals surface area contributed by atoms with Crippen LogP contribution in [0.5, 0.6) is 0 Å². The molecule has 0 atom stereocenters. The van der Waals surface area contributed by atoms with Gasteiger partial charge in [-0.15, -0.1) is 5.10 Å². The standard InChI is InChI=1S/C10H8N6O3/c17-9(8-12-10(15-13-8)16(18)19)14-11-6-7-4-2-1-3-5-7/h1-6H,(H,14,17)(H,12,13,15)/b11-6+. The molecule has 9 heteroatoms. The smallest absolute Gasteiger partial charge is 0.390 e. The molecule has 0 saturated carbocycles. The highest BCUT2D eigenvalue weighted by Crippen LogP contribution is 2.01. The van der Waals surface area contributed by atoms with E-state index in [2.05, 4.69) is 20.6 Å². The van der Waals surface area contributed by atoms with Crippen LogP contribution in [0.1, 0.15) is 16.2 Å². The van der Waals surface area contributed by atoms with Gasteiger partial charge in [0.15, 0.2) is 0 Å². The summed E-state index contributed by atoms with van der Waals surface area (Å²) in [7, 11) is 0. The number of carbonyl (C=O) groups is 1. The van der Waals surface area contributed by atoms with Gasteiger partial charge >= 0.3 is 17.7 Å². The molecule has 1 aromatic carbocycles. The zero-order valence-corrected chi connectivity index (χ0v) is 9.48. The molecule has 0 unspecified atom stereocenters. The van der Waals surface area contributed by atoms with Crippen molar-refractivity contribution in [3.63, 3.8) is 0 Å². The van der Waals surface area contributed by atoms with Crippen LogP contribution in [0.3, 0.4) is 0 Å². The number of benzene rings is 1. The van der Waals surface area contributed by atoms with Crippen molar-refractivity contribution in [3.05, 3.63) is 51.8 Å². The first-order valence-corrected chi connectivity index (χ1v) is 5.12. The molecule has 9 nitrogen and oxygen atoms in total. The molecule has 96 valence electrons. The molecule has 1 aromatic heterocycles. The molecule has 19 heavy (non-hydrogen) atoms. The van der Waals surface area contributed by atoms with E-state index in [-0.39, 0.29) is 5.82 Å². The summed E-state index contributed by atoms with van der Waals surface area (Å²) in [4.78, 5) is 24.4. The molecule has 0 aliphatic carbocycles. The summed E-state index contributed by atoms with van der Waals surface area (Å²) in [5, 5.41) is 19.5.